The van der Waals surface area contributed by atoms with Crippen LogP contribution < -0.4 is 0 Å². The minimum Gasteiger partial charge on any atom is -0.396 e. The molecule has 2 saturated carbocycles. The molecule has 0 bridgehead atoms. The number of nitrogens with zero attached hydrogens (tertiary/aromatic N) is 1. The Morgan fingerprint density at radius 3 is 2.62 bits per heavy atom. The maximum atomic E-state index is 12.3. The number of amides is 1. The maximum Gasteiger partial charge on any atom is 0.225 e. The van der Waals surface area contributed by atoms with Gasteiger partial charge in [-0.1, -0.05) is 30.3 Å². The molecule has 3 fully saturated rings. The van der Waals surface area contributed by atoms with Crippen LogP contribution in [0.4, 0.5) is 0 Å². The van der Waals surface area contributed by atoms with Gasteiger partial charge in [0, 0.05) is 31.0 Å². The summed E-state index contributed by atoms with van der Waals surface area (Å²) in [4.78, 5) is 14.1. The first kappa shape index (κ1) is 13.3. The van der Waals surface area contributed by atoms with Gasteiger partial charge in [0.1, 0.15) is 0 Å². The molecule has 2 N–H and O–H groups in total. The van der Waals surface area contributed by atoms with Crippen molar-refractivity contribution in [2.45, 2.75) is 24.9 Å². The predicted octanol–water partition coefficient (Wildman–Crippen LogP) is 0.992. The fourth-order valence-electron chi connectivity index (χ4n) is 4.32. The lowest BCUT2D eigenvalue weighted by Crippen LogP contribution is -2.30. The van der Waals surface area contributed by atoms with Crippen LogP contribution in [-0.2, 0) is 4.79 Å². The third-order valence-electron chi connectivity index (χ3n) is 5.63. The van der Waals surface area contributed by atoms with E-state index in [0.29, 0.717) is 13.1 Å². The van der Waals surface area contributed by atoms with Gasteiger partial charge in [-0.05, 0) is 30.2 Å². The summed E-state index contributed by atoms with van der Waals surface area (Å²) in [5, 5.41) is 20.3. The Hall–Kier alpha value is -1.39. The van der Waals surface area contributed by atoms with Crippen molar-refractivity contribution in [1.29, 1.82) is 0 Å². The topological polar surface area (TPSA) is 60.8 Å². The zero-order valence-corrected chi connectivity index (χ0v) is 12.0. The smallest absolute Gasteiger partial charge is 0.225 e. The number of carbonyl (C=O) groups excluding carboxylic acids is 1. The summed E-state index contributed by atoms with van der Waals surface area (Å²) in [6, 6.07) is 10.1. The Labute approximate surface area is 124 Å². The summed E-state index contributed by atoms with van der Waals surface area (Å²) in [5.41, 5.74) is 0.831. The number of carbonyl (C=O) groups is 1. The highest BCUT2D eigenvalue weighted by Gasteiger charge is 2.71. The summed E-state index contributed by atoms with van der Waals surface area (Å²) >= 11 is 0. The Bertz CT molecular complexity index is 556. The Morgan fingerprint density at radius 1 is 1.29 bits per heavy atom. The molecule has 1 amide bonds. The molecule has 4 rings (SSSR count). The number of benzene rings is 1. The van der Waals surface area contributed by atoms with E-state index >= 15 is 0 Å². The third kappa shape index (κ3) is 1.86. The summed E-state index contributed by atoms with van der Waals surface area (Å²) in [5.74, 6) is 0.609. The molecule has 3 aliphatic rings. The molecule has 0 unspecified atom stereocenters. The lowest BCUT2D eigenvalue weighted by molar-refractivity contribution is -0.131. The zero-order chi connectivity index (χ0) is 14.6. The quantitative estimate of drug-likeness (QED) is 0.871. The van der Waals surface area contributed by atoms with E-state index < -0.39 is 6.10 Å². The van der Waals surface area contributed by atoms with Crippen molar-refractivity contribution in [3.05, 3.63) is 35.9 Å². The molecule has 1 spiro atoms. The van der Waals surface area contributed by atoms with Gasteiger partial charge >= 0.3 is 0 Å². The fourth-order valence-corrected chi connectivity index (χ4v) is 4.32. The monoisotopic (exact) mass is 287 g/mol. The standard InChI is InChI=1S/C17H21NO3/c19-9-13-15(11-4-2-1-3-5-11)17(13)10-18(8-14(17)20)16(21)12-6-7-12/h1-5,12-15,19-20H,6-10H2/t13-,14+,15-,17-/m1/s1. The molecule has 0 aromatic heterocycles. The minimum atomic E-state index is -0.525. The molecule has 1 heterocycles. The van der Waals surface area contributed by atoms with Crippen LogP contribution in [0.1, 0.15) is 24.3 Å². The molecule has 1 aromatic carbocycles. The largest absolute Gasteiger partial charge is 0.396 e. The van der Waals surface area contributed by atoms with E-state index in [0.717, 1.165) is 18.4 Å². The molecular weight excluding hydrogens is 266 g/mol. The average molecular weight is 287 g/mol. The summed E-state index contributed by atoms with van der Waals surface area (Å²) in [6.07, 6.45) is 1.45. The second-order valence-electron chi connectivity index (χ2n) is 6.80. The first-order valence-electron chi connectivity index (χ1n) is 7.81. The molecule has 1 saturated heterocycles. The van der Waals surface area contributed by atoms with Gasteiger partial charge in [0.2, 0.25) is 5.91 Å². The normalized spacial score (nSPS) is 38.0. The Balaban J connectivity index is 1.60. The molecule has 2 aliphatic carbocycles. The third-order valence-corrected chi connectivity index (χ3v) is 5.63. The molecule has 112 valence electrons. The predicted molar refractivity (Wildman–Crippen MR) is 77.5 cm³/mol. The van der Waals surface area contributed by atoms with Crippen molar-refractivity contribution in [1.82, 2.24) is 4.90 Å². The first-order chi connectivity index (χ1) is 10.2. The average Bonchev–Trinajstić information content (AvgIpc) is 3.39. The van der Waals surface area contributed by atoms with Crippen LogP contribution in [0.3, 0.4) is 0 Å². The highest BCUT2D eigenvalue weighted by Crippen LogP contribution is 2.68. The van der Waals surface area contributed by atoms with Crippen LogP contribution in [0.25, 0.3) is 0 Å². The van der Waals surface area contributed by atoms with E-state index in [1.807, 2.05) is 23.1 Å². The van der Waals surface area contributed by atoms with Crippen molar-refractivity contribution in [2.24, 2.45) is 17.3 Å². The van der Waals surface area contributed by atoms with Gasteiger partial charge in [-0.2, -0.15) is 0 Å². The number of likely N-dealkylation sites (tertiary alicyclic amines) is 1. The number of aliphatic hydroxyl groups is 2. The van der Waals surface area contributed by atoms with E-state index in [4.69, 9.17) is 0 Å². The second kappa shape index (κ2) is 4.55. The van der Waals surface area contributed by atoms with Crippen molar-refractivity contribution >= 4 is 5.91 Å². The van der Waals surface area contributed by atoms with Crippen molar-refractivity contribution in [3.8, 4) is 0 Å². The number of hydrogen-bond donors (Lipinski definition) is 2. The van der Waals surface area contributed by atoms with Crippen molar-refractivity contribution in [3.63, 3.8) is 0 Å². The van der Waals surface area contributed by atoms with Crippen LogP contribution in [0.2, 0.25) is 0 Å². The van der Waals surface area contributed by atoms with Crippen LogP contribution in [0, 0.1) is 17.3 Å². The maximum absolute atomic E-state index is 12.3. The number of β-amino-alcohol motifs (C(OH)–C–C–N with tert-alkyl or cyclic N) is 1. The lowest BCUT2D eigenvalue weighted by Gasteiger charge is -2.16. The van der Waals surface area contributed by atoms with Crippen LogP contribution >= 0.6 is 0 Å². The fraction of sp³-hybridized carbons (Fsp3) is 0.588. The summed E-state index contributed by atoms with van der Waals surface area (Å²) in [7, 11) is 0. The van der Waals surface area contributed by atoms with Gasteiger partial charge in [0.25, 0.3) is 0 Å². The number of hydrogen-bond acceptors (Lipinski definition) is 3. The molecule has 0 radical (unpaired) electrons. The SMILES string of the molecule is O=C(C1CC1)N1C[C@H](O)[C@@]2(C1)[C@H](CO)[C@H]2c1ccccc1. The van der Waals surface area contributed by atoms with Gasteiger partial charge in [-0.25, -0.2) is 0 Å². The second-order valence-corrected chi connectivity index (χ2v) is 6.80. The van der Waals surface area contributed by atoms with E-state index in [-0.39, 0.29) is 35.7 Å². The minimum absolute atomic E-state index is 0.0619. The van der Waals surface area contributed by atoms with Crippen LogP contribution in [-0.4, -0.2) is 46.8 Å². The summed E-state index contributed by atoms with van der Waals surface area (Å²) < 4.78 is 0. The van der Waals surface area contributed by atoms with Crippen molar-refractivity contribution in [2.75, 3.05) is 19.7 Å². The van der Waals surface area contributed by atoms with Crippen molar-refractivity contribution < 1.29 is 15.0 Å². The van der Waals surface area contributed by atoms with Gasteiger partial charge in [0.15, 0.2) is 0 Å². The van der Waals surface area contributed by atoms with Crippen LogP contribution in [0.15, 0.2) is 30.3 Å². The van der Waals surface area contributed by atoms with E-state index in [9.17, 15) is 15.0 Å². The molecule has 4 heteroatoms. The number of rotatable bonds is 3. The number of aliphatic hydroxyl groups excluding tert-OH is 2. The van der Waals surface area contributed by atoms with Gasteiger partial charge in [0.05, 0.1) is 6.10 Å². The van der Waals surface area contributed by atoms with Gasteiger partial charge in [-0.15, -0.1) is 0 Å². The molecule has 1 aromatic rings. The molecular formula is C17H21NO3. The Morgan fingerprint density at radius 2 is 2.00 bits per heavy atom. The highest BCUT2D eigenvalue weighted by atomic mass is 16.3. The zero-order valence-electron chi connectivity index (χ0n) is 12.0. The lowest BCUT2D eigenvalue weighted by atomic mass is 9.95. The van der Waals surface area contributed by atoms with Gasteiger partial charge in [-0.3, -0.25) is 4.79 Å². The van der Waals surface area contributed by atoms with E-state index in [1.165, 1.54) is 0 Å². The van der Waals surface area contributed by atoms with E-state index in [1.54, 1.807) is 0 Å². The molecule has 1 aliphatic heterocycles. The molecule has 4 nitrogen and oxygen atoms in total. The van der Waals surface area contributed by atoms with Gasteiger partial charge < -0.3 is 15.1 Å². The molecule has 4 atom stereocenters. The highest BCUT2D eigenvalue weighted by molar-refractivity contribution is 5.81. The summed E-state index contributed by atoms with van der Waals surface area (Å²) in [6.45, 7) is 1.09. The molecule has 21 heavy (non-hydrogen) atoms. The Kier molecular flexibility index (Phi) is 2.88. The first-order valence-corrected chi connectivity index (χ1v) is 7.81. The van der Waals surface area contributed by atoms with Crippen LogP contribution in [0.5, 0.6) is 0 Å². The van der Waals surface area contributed by atoms with E-state index in [2.05, 4.69) is 12.1 Å².